The van der Waals surface area contributed by atoms with E-state index in [1.54, 1.807) is 11.3 Å². The molecule has 0 N–H and O–H groups in total. The van der Waals surface area contributed by atoms with Gasteiger partial charge >= 0.3 is 0 Å². The second-order valence-electron chi connectivity index (χ2n) is 4.87. The Bertz CT molecular complexity index is 907. The number of hydrogen-bond acceptors (Lipinski definition) is 3. The summed E-state index contributed by atoms with van der Waals surface area (Å²) in [5.41, 5.74) is 4.44. The highest BCUT2D eigenvalue weighted by Crippen LogP contribution is 2.33. The molecule has 2 nitrogen and oxygen atoms in total. The molecule has 0 saturated carbocycles. The van der Waals surface area contributed by atoms with Gasteiger partial charge in [0, 0.05) is 10.9 Å². The largest absolute Gasteiger partial charge is 0.254 e. The van der Waals surface area contributed by atoms with E-state index < -0.39 is 0 Å². The summed E-state index contributed by atoms with van der Waals surface area (Å²) in [6, 6.07) is 16.7. The first-order chi connectivity index (χ1) is 9.81. The smallest absolute Gasteiger partial charge is 0.124 e. The summed E-state index contributed by atoms with van der Waals surface area (Å²) in [7, 11) is 0. The van der Waals surface area contributed by atoms with Crippen molar-refractivity contribution in [3.8, 4) is 10.6 Å². The van der Waals surface area contributed by atoms with Crippen LogP contribution < -0.4 is 0 Å². The molecule has 4 rings (SSSR count). The number of para-hydroxylation sites is 1. The van der Waals surface area contributed by atoms with Crippen molar-refractivity contribution in [2.45, 2.75) is 6.92 Å². The SMILES string of the molecule is Cc1ccc(-c2nc3cnc4ccccc4c3s2)cc1. The van der Waals surface area contributed by atoms with Gasteiger partial charge in [0.25, 0.3) is 0 Å². The maximum Gasteiger partial charge on any atom is 0.124 e. The Kier molecular flexibility index (Phi) is 2.54. The summed E-state index contributed by atoms with van der Waals surface area (Å²) in [5.74, 6) is 0. The van der Waals surface area contributed by atoms with Gasteiger partial charge in [-0.05, 0) is 13.0 Å². The van der Waals surface area contributed by atoms with Crippen LogP contribution in [0, 0.1) is 6.92 Å². The van der Waals surface area contributed by atoms with Gasteiger partial charge in [-0.2, -0.15) is 0 Å². The van der Waals surface area contributed by atoms with E-state index in [0.717, 1.165) is 16.0 Å². The zero-order valence-corrected chi connectivity index (χ0v) is 11.8. The fourth-order valence-corrected chi connectivity index (χ4v) is 3.42. The highest BCUT2D eigenvalue weighted by atomic mass is 32.1. The van der Waals surface area contributed by atoms with Gasteiger partial charge in [-0.3, -0.25) is 4.98 Å². The highest BCUT2D eigenvalue weighted by molar-refractivity contribution is 7.22. The molecule has 0 radical (unpaired) electrons. The van der Waals surface area contributed by atoms with Gasteiger partial charge < -0.3 is 0 Å². The van der Waals surface area contributed by atoms with Gasteiger partial charge in [0.05, 0.1) is 16.4 Å². The minimum Gasteiger partial charge on any atom is -0.254 e. The molecule has 96 valence electrons. The molecule has 0 aliphatic heterocycles. The molecule has 0 aliphatic rings. The van der Waals surface area contributed by atoms with E-state index in [4.69, 9.17) is 4.98 Å². The number of rotatable bonds is 1. The Morgan fingerprint density at radius 2 is 1.70 bits per heavy atom. The molecule has 0 fully saturated rings. The minimum absolute atomic E-state index is 0.976. The number of hydrogen-bond donors (Lipinski definition) is 0. The summed E-state index contributed by atoms with van der Waals surface area (Å²) in [5, 5.41) is 2.24. The average Bonchev–Trinajstić information content (AvgIpc) is 2.92. The first-order valence-electron chi connectivity index (χ1n) is 6.52. The molecule has 4 aromatic rings. The van der Waals surface area contributed by atoms with Crippen LogP contribution in [0.5, 0.6) is 0 Å². The monoisotopic (exact) mass is 276 g/mol. The standard InChI is InChI=1S/C17H12N2S/c1-11-6-8-12(9-7-11)17-19-15-10-18-14-5-3-2-4-13(14)16(15)20-17/h2-10H,1H3. The predicted molar refractivity (Wildman–Crippen MR) is 85.1 cm³/mol. The fourth-order valence-electron chi connectivity index (χ4n) is 2.34. The van der Waals surface area contributed by atoms with Gasteiger partial charge in [-0.25, -0.2) is 4.98 Å². The Morgan fingerprint density at radius 3 is 2.55 bits per heavy atom. The molecule has 0 atom stereocenters. The Labute approximate surface area is 120 Å². The maximum atomic E-state index is 4.72. The molecular weight excluding hydrogens is 264 g/mol. The Balaban J connectivity index is 1.98. The second kappa shape index (κ2) is 4.39. The minimum atomic E-state index is 0.976. The van der Waals surface area contributed by atoms with E-state index in [9.17, 15) is 0 Å². The number of fused-ring (bicyclic) bond motifs is 3. The summed E-state index contributed by atoms with van der Waals surface area (Å²) in [6.07, 6.45) is 1.87. The molecule has 2 aromatic heterocycles. The Morgan fingerprint density at radius 1 is 0.900 bits per heavy atom. The third-order valence-electron chi connectivity index (χ3n) is 3.43. The lowest BCUT2D eigenvalue weighted by Crippen LogP contribution is -1.79. The molecule has 0 amide bonds. The van der Waals surface area contributed by atoms with Crippen molar-refractivity contribution in [1.29, 1.82) is 0 Å². The quantitative estimate of drug-likeness (QED) is 0.498. The van der Waals surface area contributed by atoms with E-state index in [1.165, 1.54) is 21.2 Å². The van der Waals surface area contributed by atoms with Crippen LogP contribution in [0.15, 0.2) is 54.7 Å². The van der Waals surface area contributed by atoms with Gasteiger partial charge in [0.1, 0.15) is 10.5 Å². The van der Waals surface area contributed by atoms with Crippen LogP contribution in [0.3, 0.4) is 0 Å². The number of aromatic nitrogens is 2. The third-order valence-corrected chi connectivity index (χ3v) is 4.58. The van der Waals surface area contributed by atoms with E-state index in [1.807, 2.05) is 18.3 Å². The maximum absolute atomic E-state index is 4.72. The molecule has 0 spiro atoms. The van der Waals surface area contributed by atoms with Crippen molar-refractivity contribution in [2.75, 3.05) is 0 Å². The van der Waals surface area contributed by atoms with Crippen molar-refractivity contribution in [1.82, 2.24) is 9.97 Å². The summed E-state index contributed by atoms with van der Waals surface area (Å²) in [6.45, 7) is 2.10. The molecule has 0 bridgehead atoms. The number of thiazole rings is 1. The third kappa shape index (κ3) is 1.79. The normalized spacial score (nSPS) is 11.2. The predicted octanol–water partition coefficient (Wildman–Crippen LogP) is 4.82. The number of aryl methyl sites for hydroxylation is 1. The molecule has 3 heteroatoms. The molecule has 0 saturated heterocycles. The van der Waals surface area contributed by atoms with Gasteiger partial charge in [-0.15, -0.1) is 11.3 Å². The van der Waals surface area contributed by atoms with Crippen LogP contribution in [-0.4, -0.2) is 9.97 Å². The van der Waals surface area contributed by atoms with E-state index >= 15 is 0 Å². The van der Waals surface area contributed by atoms with E-state index in [0.29, 0.717) is 0 Å². The van der Waals surface area contributed by atoms with Crippen LogP contribution >= 0.6 is 11.3 Å². The molecule has 0 unspecified atom stereocenters. The van der Waals surface area contributed by atoms with Crippen molar-refractivity contribution in [2.24, 2.45) is 0 Å². The van der Waals surface area contributed by atoms with Gasteiger partial charge in [0.15, 0.2) is 0 Å². The number of pyridine rings is 1. The van der Waals surface area contributed by atoms with E-state index in [-0.39, 0.29) is 0 Å². The lowest BCUT2D eigenvalue weighted by molar-refractivity contribution is 1.39. The number of nitrogens with zero attached hydrogens (tertiary/aromatic N) is 2. The fraction of sp³-hybridized carbons (Fsp3) is 0.0588. The lowest BCUT2D eigenvalue weighted by atomic mass is 10.2. The molecule has 0 aliphatic carbocycles. The summed E-state index contributed by atoms with van der Waals surface area (Å²) < 4.78 is 1.21. The van der Waals surface area contributed by atoms with Crippen molar-refractivity contribution < 1.29 is 0 Å². The number of benzene rings is 2. The average molecular weight is 276 g/mol. The Hall–Kier alpha value is -2.26. The van der Waals surface area contributed by atoms with Crippen LogP contribution in [-0.2, 0) is 0 Å². The molecule has 20 heavy (non-hydrogen) atoms. The highest BCUT2D eigenvalue weighted by Gasteiger charge is 2.09. The van der Waals surface area contributed by atoms with Crippen LogP contribution in [0.1, 0.15) is 5.56 Å². The van der Waals surface area contributed by atoms with Crippen molar-refractivity contribution in [3.63, 3.8) is 0 Å². The molecular formula is C17H12N2S. The van der Waals surface area contributed by atoms with Crippen LogP contribution in [0.2, 0.25) is 0 Å². The van der Waals surface area contributed by atoms with E-state index in [2.05, 4.69) is 48.3 Å². The first kappa shape index (κ1) is 11.6. The van der Waals surface area contributed by atoms with Gasteiger partial charge in [0.2, 0.25) is 0 Å². The summed E-state index contributed by atoms with van der Waals surface area (Å²) >= 11 is 1.73. The molecule has 2 aromatic carbocycles. The van der Waals surface area contributed by atoms with Crippen LogP contribution in [0.25, 0.3) is 31.7 Å². The van der Waals surface area contributed by atoms with Gasteiger partial charge in [-0.1, -0.05) is 48.0 Å². The topological polar surface area (TPSA) is 25.8 Å². The van der Waals surface area contributed by atoms with Crippen molar-refractivity contribution >= 4 is 32.5 Å². The first-order valence-corrected chi connectivity index (χ1v) is 7.34. The molecule has 2 heterocycles. The zero-order valence-electron chi connectivity index (χ0n) is 11.0. The van der Waals surface area contributed by atoms with Crippen molar-refractivity contribution in [3.05, 3.63) is 60.3 Å². The lowest BCUT2D eigenvalue weighted by Gasteiger charge is -1.96. The van der Waals surface area contributed by atoms with Crippen LogP contribution in [0.4, 0.5) is 0 Å². The summed E-state index contributed by atoms with van der Waals surface area (Å²) in [4.78, 5) is 9.19. The zero-order chi connectivity index (χ0) is 13.5. The second-order valence-corrected chi connectivity index (χ2v) is 5.87.